The number of primary amides is 1. The molecule has 0 saturated heterocycles. The fraction of sp³-hybridized carbons (Fsp3) is 0.143. The van der Waals surface area contributed by atoms with Gasteiger partial charge in [-0.05, 0) is 47.4 Å². The van der Waals surface area contributed by atoms with E-state index in [0.29, 0.717) is 11.1 Å². The molecule has 1 aromatic carbocycles. The highest BCUT2D eigenvalue weighted by molar-refractivity contribution is 6.00. The van der Waals surface area contributed by atoms with Crippen LogP contribution in [0.4, 0.5) is 13.2 Å². The van der Waals surface area contributed by atoms with Crippen LogP contribution in [0.5, 0.6) is 0 Å². The third-order valence-corrected chi connectivity index (χ3v) is 4.67. The molecule has 6 nitrogen and oxygen atoms in total. The molecule has 4 aromatic rings. The smallest absolute Gasteiger partial charge is 0.364 e. The number of hydrogen-bond donors (Lipinski definition) is 1. The lowest BCUT2D eigenvalue weighted by atomic mass is 9.98. The number of aromatic nitrogens is 4. The summed E-state index contributed by atoms with van der Waals surface area (Å²) in [4.78, 5) is 19.5. The molecule has 1 amide bonds. The van der Waals surface area contributed by atoms with Gasteiger partial charge in [-0.1, -0.05) is 12.1 Å². The third-order valence-electron chi connectivity index (χ3n) is 4.67. The number of halogens is 3. The number of rotatable bonds is 4. The highest BCUT2D eigenvalue weighted by Gasteiger charge is 2.32. The minimum atomic E-state index is -4.50. The Hall–Kier alpha value is -3.75. The van der Waals surface area contributed by atoms with E-state index in [1.54, 1.807) is 30.1 Å². The number of nitrogens with zero attached hydrogens (tertiary/aromatic N) is 4. The van der Waals surface area contributed by atoms with E-state index in [4.69, 9.17) is 5.73 Å². The van der Waals surface area contributed by atoms with Crippen LogP contribution in [0.25, 0.3) is 22.0 Å². The Bertz CT molecular complexity index is 1260. The summed E-state index contributed by atoms with van der Waals surface area (Å²) in [6.07, 6.45) is 0.373. The van der Waals surface area contributed by atoms with Crippen LogP contribution in [0.1, 0.15) is 27.3 Å². The molecule has 0 radical (unpaired) electrons. The van der Waals surface area contributed by atoms with Crippen LogP contribution >= 0.6 is 0 Å². The average Bonchev–Trinajstić information content (AvgIpc) is 3.12. The van der Waals surface area contributed by atoms with Gasteiger partial charge in [0.25, 0.3) is 5.91 Å². The van der Waals surface area contributed by atoms with Gasteiger partial charge in [0.1, 0.15) is 11.4 Å². The van der Waals surface area contributed by atoms with Crippen molar-refractivity contribution in [3.63, 3.8) is 0 Å². The predicted molar refractivity (Wildman–Crippen MR) is 105 cm³/mol. The van der Waals surface area contributed by atoms with E-state index in [-0.39, 0.29) is 12.1 Å². The summed E-state index contributed by atoms with van der Waals surface area (Å²) in [7, 11) is 1.78. The second-order valence-electron chi connectivity index (χ2n) is 6.90. The summed E-state index contributed by atoms with van der Waals surface area (Å²) < 4.78 is 40.4. The van der Waals surface area contributed by atoms with Gasteiger partial charge in [-0.2, -0.15) is 18.3 Å². The van der Waals surface area contributed by atoms with Crippen molar-refractivity contribution in [1.29, 1.82) is 0 Å². The Kier molecular flexibility index (Phi) is 4.73. The number of aryl methyl sites for hydroxylation is 1. The van der Waals surface area contributed by atoms with Gasteiger partial charge in [0.15, 0.2) is 0 Å². The number of amides is 1. The van der Waals surface area contributed by atoms with Gasteiger partial charge in [0.2, 0.25) is 0 Å². The number of carbonyl (C=O) groups is 1. The van der Waals surface area contributed by atoms with Crippen LogP contribution in [-0.4, -0.2) is 25.7 Å². The van der Waals surface area contributed by atoms with Crippen molar-refractivity contribution >= 4 is 16.8 Å². The topological polar surface area (TPSA) is 86.7 Å². The van der Waals surface area contributed by atoms with E-state index in [2.05, 4.69) is 15.1 Å². The maximum absolute atomic E-state index is 12.9. The van der Waals surface area contributed by atoms with Crippen molar-refractivity contribution in [2.75, 3.05) is 0 Å². The Morgan fingerprint density at radius 3 is 2.57 bits per heavy atom. The highest BCUT2D eigenvalue weighted by atomic mass is 19.4. The minimum Gasteiger partial charge on any atom is -0.364 e. The molecule has 0 aliphatic heterocycles. The first-order chi connectivity index (χ1) is 14.2. The molecule has 30 heavy (non-hydrogen) atoms. The van der Waals surface area contributed by atoms with Gasteiger partial charge >= 0.3 is 6.18 Å². The fourth-order valence-corrected chi connectivity index (χ4v) is 3.28. The molecular weight excluding hydrogens is 395 g/mol. The third kappa shape index (κ3) is 3.86. The van der Waals surface area contributed by atoms with Crippen molar-refractivity contribution in [2.24, 2.45) is 12.8 Å². The summed E-state index contributed by atoms with van der Waals surface area (Å²) in [5.41, 5.74) is 7.88. The van der Waals surface area contributed by atoms with Crippen molar-refractivity contribution < 1.29 is 18.0 Å². The number of carbonyl (C=O) groups excluding carboxylic acids is 1. The number of nitrogens with two attached hydrogens (primary N) is 1. The molecule has 0 aliphatic carbocycles. The van der Waals surface area contributed by atoms with E-state index >= 15 is 0 Å². The Labute approximate surface area is 169 Å². The van der Waals surface area contributed by atoms with E-state index in [9.17, 15) is 18.0 Å². The summed E-state index contributed by atoms with van der Waals surface area (Å²) in [6.45, 7) is 0. The minimum absolute atomic E-state index is 0.0989. The van der Waals surface area contributed by atoms with Crippen LogP contribution in [0, 0.1) is 0 Å². The maximum Gasteiger partial charge on any atom is 0.433 e. The molecule has 0 unspecified atom stereocenters. The molecule has 4 rings (SSSR count). The van der Waals surface area contributed by atoms with Crippen LogP contribution in [0.3, 0.4) is 0 Å². The zero-order chi connectivity index (χ0) is 21.5. The first-order valence-electron chi connectivity index (χ1n) is 8.95. The van der Waals surface area contributed by atoms with E-state index in [0.717, 1.165) is 34.3 Å². The van der Waals surface area contributed by atoms with Gasteiger partial charge < -0.3 is 5.73 Å². The van der Waals surface area contributed by atoms with Gasteiger partial charge in [-0.15, -0.1) is 0 Å². The SMILES string of the molecule is Cn1cc(-c2cc(C(N)=O)nc3cc(Cc4ccnc(C(F)(F)F)c4)ccc23)cn1. The van der Waals surface area contributed by atoms with Crippen LogP contribution < -0.4 is 5.73 Å². The quantitative estimate of drug-likeness (QED) is 0.554. The van der Waals surface area contributed by atoms with Gasteiger partial charge in [-0.3, -0.25) is 14.5 Å². The number of alkyl halides is 3. The Balaban J connectivity index is 1.78. The molecule has 0 spiro atoms. The van der Waals surface area contributed by atoms with Gasteiger partial charge in [0, 0.05) is 30.4 Å². The van der Waals surface area contributed by atoms with Crippen LogP contribution in [0.2, 0.25) is 0 Å². The molecule has 0 aliphatic rings. The van der Waals surface area contributed by atoms with Gasteiger partial charge in [-0.25, -0.2) is 4.98 Å². The molecule has 0 saturated carbocycles. The lowest BCUT2D eigenvalue weighted by Gasteiger charge is -2.10. The molecule has 9 heteroatoms. The Morgan fingerprint density at radius 2 is 1.90 bits per heavy atom. The van der Waals surface area contributed by atoms with Crippen molar-refractivity contribution in [3.8, 4) is 11.1 Å². The first-order valence-corrected chi connectivity index (χ1v) is 8.95. The number of pyridine rings is 2. The normalized spacial score (nSPS) is 11.7. The van der Waals surface area contributed by atoms with Crippen LogP contribution in [-0.2, 0) is 19.6 Å². The lowest BCUT2D eigenvalue weighted by Crippen LogP contribution is -2.13. The number of hydrogen-bond acceptors (Lipinski definition) is 4. The molecular formula is C21H16F3N5O. The standard InChI is InChI=1S/C21H16F3N5O/c1-29-11-14(10-27-29)16-9-18(20(25)30)28-17-7-12(2-3-15(16)17)6-13-4-5-26-19(8-13)21(22,23)24/h2-5,7-11H,6H2,1H3,(H2,25,30). The molecule has 0 atom stereocenters. The fourth-order valence-electron chi connectivity index (χ4n) is 3.28. The van der Waals surface area contributed by atoms with E-state index in [1.807, 2.05) is 18.3 Å². The zero-order valence-electron chi connectivity index (χ0n) is 15.8. The van der Waals surface area contributed by atoms with E-state index < -0.39 is 17.8 Å². The predicted octanol–water partition coefficient (Wildman–Crippen LogP) is 3.74. The second-order valence-corrected chi connectivity index (χ2v) is 6.90. The first kappa shape index (κ1) is 19.6. The number of benzene rings is 1. The molecule has 0 bridgehead atoms. The monoisotopic (exact) mass is 411 g/mol. The van der Waals surface area contributed by atoms with Crippen LogP contribution in [0.15, 0.2) is 55.0 Å². The largest absolute Gasteiger partial charge is 0.433 e. The Morgan fingerprint density at radius 1 is 1.13 bits per heavy atom. The van der Waals surface area contributed by atoms with Crippen molar-refractivity contribution in [3.05, 3.63) is 77.5 Å². The number of fused-ring (bicyclic) bond motifs is 1. The lowest BCUT2D eigenvalue weighted by molar-refractivity contribution is -0.141. The van der Waals surface area contributed by atoms with Gasteiger partial charge in [0.05, 0.1) is 11.7 Å². The average molecular weight is 411 g/mol. The second kappa shape index (κ2) is 7.25. The summed E-state index contributed by atoms with van der Waals surface area (Å²) in [6, 6.07) is 9.57. The molecule has 0 fully saturated rings. The summed E-state index contributed by atoms with van der Waals surface area (Å²) in [5.74, 6) is -0.670. The zero-order valence-corrected chi connectivity index (χ0v) is 15.8. The molecule has 2 N–H and O–H groups in total. The maximum atomic E-state index is 12.9. The van der Waals surface area contributed by atoms with Crippen molar-refractivity contribution in [1.82, 2.24) is 19.7 Å². The summed E-state index contributed by atoms with van der Waals surface area (Å²) >= 11 is 0. The van der Waals surface area contributed by atoms with E-state index in [1.165, 1.54) is 6.07 Å². The molecule has 3 heterocycles. The summed E-state index contributed by atoms with van der Waals surface area (Å²) in [5, 5.41) is 4.94. The molecule has 3 aromatic heterocycles. The molecule has 152 valence electrons. The highest BCUT2D eigenvalue weighted by Crippen LogP contribution is 2.31. The van der Waals surface area contributed by atoms with Crippen molar-refractivity contribution in [2.45, 2.75) is 12.6 Å².